The molecule has 0 heterocycles. The van der Waals surface area contributed by atoms with Crippen molar-refractivity contribution < 1.29 is 4.79 Å². The predicted molar refractivity (Wildman–Crippen MR) is 77.0 cm³/mol. The minimum absolute atomic E-state index is 0.0458. The number of amides is 1. The van der Waals surface area contributed by atoms with Gasteiger partial charge in [-0.25, -0.2) is 0 Å². The largest absolute Gasteiger partial charge is 0.342 e. The number of nitrogens with zero attached hydrogens (tertiary/aromatic N) is 1. The molecule has 2 atom stereocenters. The van der Waals surface area contributed by atoms with Gasteiger partial charge in [0.2, 0.25) is 5.91 Å². The van der Waals surface area contributed by atoms with Crippen LogP contribution in [0.4, 0.5) is 0 Å². The Morgan fingerprint density at radius 2 is 1.78 bits per heavy atom. The summed E-state index contributed by atoms with van der Waals surface area (Å²) in [5.41, 5.74) is 1.23. The van der Waals surface area contributed by atoms with E-state index in [1.54, 1.807) is 4.90 Å². The molecule has 0 fully saturated rings. The number of carbonyl (C=O) groups is 1. The summed E-state index contributed by atoms with van der Waals surface area (Å²) in [6.07, 6.45) is 0.681. The maximum Gasteiger partial charge on any atom is 0.240 e. The summed E-state index contributed by atoms with van der Waals surface area (Å²) in [7, 11) is 0. The number of benzene rings is 1. The van der Waals surface area contributed by atoms with Crippen molar-refractivity contribution >= 4 is 17.5 Å². The molecule has 0 radical (unpaired) electrons. The molecule has 100 valence electrons. The van der Waals surface area contributed by atoms with Gasteiger partial charge in [-0.2, -0.15) is 0 Å². The summed E-state index contributed by atoms with van der Waals surface area (Å²) >= 11 is 6.24. The fourth-order valence-corrected chi connectivity index (χ4v) is 2.47. The van der Waals surface area contributed by atoms with Gasteiger partial charge in [-0.05, 0) is 31.7 Å². The average Bonchev–Trinajstić information content (AvgIpc) is 2.40. The van der Waals surface area contributed by atoms with Crippen molar-refractivity contribution in [2.24, 2.45) is 0 Å². The van der Waals surface area contributed by atoms with Crippen LogP contribution in [-0.4, -0.2) is 29.3 Å². The molecule has 1 aromatic rings. The van der Waals surface area contributed by atoms with Crippen molar-refractivity contribution in [3.8, 4) is 0 Å². The van der Waals surface area contributed by atoms with Crippen LogP contribution < -0.4 is 0 Å². The first-order valence-corrected chi connectivity index (χ1v) is 7.01. The second kappa shape index (κ2) is 7.42. The smallest absolute Gasteiger partial charge is 0.240 e. The van der Waals surface area contributed by atoms with Crippen LogP contribution in [0.15, 0.2) is 30.3 Å². The van der Waals surface area contributed by atoms with Crippen LogP contribution >= 0.6 is 11.6 Å². The van der Waals surface area contributed by atoms with E-state index in [1.165, 1.54) is 5.56 Å². The first-order chi connectivity index (χ1) is 8.60. The lowest BCUT2D eigenvalue weighted by molar-refractivity contribution is -0.130. The lowest BCUT2D eigenvalue weighted by Crippen LogP contribution is -2.37. The normalized spacial score (nSPS) is 14.0. The van der Waals surface area contributed by atoms with Crippen molar-refractivity contribution in [2.75, 3.05) is 13.1 Å². The fraction of sp³-hybridized carbons (Fsp3) is 0.533. The Morgan fingerprint density at radius 1 is 1.22 bits per heavy atom. The number of alkyl halides is 1. The van der Waals surface area contributed by atoms with Crippen LogP contribution in [-0.2, 0) is 4.79 Å². The van der Waals surface area contributed by atoms with Crippen LogP contribution in [0.25, 0.3) is 0 Å². The van der Waals surface area contributed by atoms with Crippen molar-refractivity contribution in [3.05, 3.63) is 35.9 Å². The van der Waals surface area contributed by atoms with Gasteiger partial charge in [-0.1, -0.05) is 37.3 Å². The first kappa shape index (κ1) is 15.0. The molecule has 2 nitrogen and oxygen atoms in total. The number of hydrogen-bond acceptors (Lipinski definition) is 1. The maximum atomic E-state index is 12.1. The SMILES string of the molecule is CCN(CC)C(=O)C(Cl)CC(C)c1ccccc1. The highest BCUT2D eigenvalue weighted by molar-refractivity contribution is 6.30. The van der Waals surface area contributed by atoms with Gasteiger partial charge in [0.1, 0.15) is 5.38 Å². The second-order valence-electron chi connectivity index (χ2n) is 4.53. The zero-order valence-electron chi connectivity index (χ0n) is 11.4. The Morgan fingerprint density at radius 3 is 2.28 bits per heavy atom. The summed E-state index contributed by atoms with van der Waals surface area (Å²) in [4.78, 5) is 13.9. The molecule has 3 heteroatoms. The average molecular weight is 268 g/mol. The zero-order valence-corrected chi connectivity index (χ0v) is 12.2. The predicted octanol–water partition coefficient (Wildman–Crippen LogP) is 3.66. The molecule has 0 aliphatic heterocycles. The third-order valence-corrected chi connectivity index (χ3v) is 3.64. The summed E-state index contributed by atoms with van der Waals surface area (Å²) in [5.74, 6) is 0.345. The van der Waals surface area contributed by atoms with Crippen LogP contribution in [0.1, 0.15) is 38.7 Å². The minimum atomic E-state index is -0.430. The molecule has 18 heavy (non-hydrogen) atoms. The number of halogens is 1. The number of hydrogen-bond donors (Lipinski definition) is 0. The Labute approximate surface area is 115 Å². The third kappa shape index (κ3) is 4.02. The van der Waals surface area contributed by atoms with Gasteiger partial charge < -0.3 is 4.90 Å². The Kier molecular flexibility index (Phi) is 6.20. The second-order valence-corrected chi connectivity index (χ2v) is 5.05. The number of carbonyl (C=O) groups excluding carboxylic acids is 1. The Balaban J connectivity index is 2.59. The molecule has 0 bridgehead atoms. The third-order valence-electron chi connectivity index (χ3n) is 3.27. The minimum Gasteiger partial charge on any atom is -0.342 e. The van der Waals surface area contributed by atoms with E-state index >= 15 is 0 Å². The highest BCUT2D eigenvalue weighted by Gasteiger charge is 2.22. The van der Waals surface area contributed by atoms with E-state index in [1.807, 2.05) is 32.0 Å². The lowest BCUT2D eigenvalue weighted by atomic mass is 9.96. The van der Waals surface area contributed by atoms with Crippen LogP contribution in [0.2, 0.25) is 0 Å². The Bertz CT molecular complexity index is 362. The topological polar surface area (TPSA) is 20.3 Å². The quantitative estimate of drug-likeness (QED) is 0.721. The van der Waals surface area contributed by atoms with Gasteiger partial charge in [-0.15, -0.1) is 11.6 Å². The molecule has 0 spiro atoms. The molecule has 0 saturated heterocycles. The van der Waals surface area contributed by atoms with E-state index in [-0.39, 0.29) is 5.91 Å². The van der Waals surface area contributed by atoms with E-state index in [0.29, 0.717) is 12.3 Å². The van der Waals surface area contributed by atoms with Gasteiger partial charge in [-0.3, -0.25) is 4.79 Å². The maximum absolute atomic E-state index is 12.1. The van der Waals surface area contributed by atoms with Gasteiger partial charge in [0.25, 0.3) is 0 Å². The summed E-state index contributed by atoms with van der Waals surface area (Å²) in [5, 5.41) is -0.430. The van der Waals surface area contributed by atoms with Crippen molar-refractivity contribution in [1.82, 2.24) is 4.90 Å². The van der Waals surface area contributed by atoms with E-state index in [9.17, 15) is 4.79 Å². The fourth-order valence-electron chi connectivity index (χ4n) is 2.06. The van der Waals surface area contributed by atoms with Crippen LogP contribution in [0, 0.1) is 0 Å². The molecule has 1 aromatic carbocycles. The monoisotopic (exact) mass is 267 g/mol. The molecule has 2 unspecified atom stereocenters. The van der Waals surface area contributed by atoms with Gasteiger partial charge >= 0.3 is 0 Å². The summed E-state index contributed by atoms with van der Waals surface area (Å²) < 4.78 is 0. The first-order valence-electron chi connectivity index (χ1n) is 6.57. The summed E-state index contributed by atoms with van der Waals surface area (Å²) in [6, 6.07) is 10.2. The van der Waals surface area contributed by atoms with Crippen LogP contribution in [0.5, 0.6) is 0 Å². The van der Waals surface area contributed by atoms with Crippen LogP contribution in [0.3, 0.4) is 0 Å². The molecule has 1 amide bonds. The van der Waals surface area contributed by atoms with Crippen molar-refractivity contribution in [2.45, 2.75) is 38.5 Å². The van der Waals surface area contributed by atoms with Gasteiger partial charge in [0, 0.05) is 13.1 Å². The summed E-state index contributed by atoms with van der Waals surface area (Å²) in [6.45, 7) is 7.51. The molecule has 1 rings (SSSR count). The molecular weight excluding hydrogens is 246 g/mol. The molecule has 0 aliphatic carbocycles. The molecule has 0 aliphatic rings. The Hall–Kier alpha value is -1.02. The highest BCUT2D eigenvalue weighted by atomic mass is 35.5. The standard InChI is InChI=1S/C15H22ClNO/c1-4-17(5-2)15(18)14(16)11-12(3)13-9-7-6-8-10-13/h6-10,12,14H,4-5,11H2,1-3H3. The van der Waals surface area contributed by atoms with Crippen molar-refractivity contribution in [1.29, 1.82) is 0 Å². The zero-order chi connectivity index (χ0) is 13.5. The van der Waals surface area contributed by atoms with E-state index in [0.717, 1.165) is 13.1 Å². The van der Waals surface area contributed by atoms with Gasteiger partial charge in [0.15, 0.2) is 0 Å². The van der Waals surface area contributed by atoms with E-state index in [2.05, 4.69) is 19.1 Å². The van der Waals surface area contributed by atoms with Crippen molar-refractivity contribution in [3.63, 3.8) is 0 Å². The molecule has 0 aromatic heterocycles. The van der Waals surface area contributed by atoms with E-state index < -0.39 is 5.38 Å². The highest BCUT2D eigenvalue weighted by Crippen LogP contribution is 2.23. The molecular formula is C15H22ClNO. The van der Waals surface area contributed by atoms with Gasteiger partial charge in [0.05, 0.1) is 0 Å². The lowest BCUT2D eigenvalue weighted by Gasteiger charge is -2.23. The molecule has 0 saturated carbocycles. The van der Waals surface area contributed by atoms with E-state index in [4.69, 9.17) is 11.6 Å². The number of rotatable bonds is 6. The molecule has 0 N–H and O–H groups in total.